The van der Waals surface area contributed by atoms with Crippen LogP contribution in [0.5, 0.6) is 11.5 Å². The van der Waals surface area contributed by atoms with E-state index in [9.17, 15) is 9.59 Å². The highest BCUT2D eigenvalue weighted by atomic mass is 16.5. The number of anilines is 1. The third-order valence-corrected chi connectivity index (χ3v) is 5.10. The molecule has 7 heteroatoms. The molecule has 0 fully saturated rings. The van der Waals surface area contributed by atoms with Crippen LogP contribution in [0.25, 0.3) is 6.08 Å². The number of hydrogen-bond donors (Lipinski definition) is 3. The number of carbonyl (C=O) groups excluding carboxylic acids is 1. The lowest BCUT2D eigenvalue weighted by molar-refractivity contribution is -0.111. The van der Waals surface area contributed by atoms with Crippen LogP contribution in [0.3, 0.4) is 0 Å². The molecule has 3 aromatic rings. The zero-order valence-corrected chi connectivity index (χ0v) is 17.4. The van der Waals surface area contributed by atoms with Crippen molar-refractivity contribution in [3.8, 4) is 11.5 Å². The van der Waals surface area contributed by atoms with Crippen molar-refractivity contribution in [3.63, 3.8) is 0 Å². The Morgan fingerprint density at radius 2 is 1.88 bits per heavy atom. The molecule has 0 atom stereocenters. The van der Waals surface area contributed by atoms with Gasteiger partial charge in [-0.25, -0.2) is 4.79 Å². The first-order chi connectivity index (χ1) is 15.5. The van der Waals surface area contributed by atoms with Crippen LogP contribution in [0, 0.1) is 0 Å². The van der Waals surface area contributed by atoms with E-state index in [1.54, 1.807) is 30.5 Å². The van der Waals surface area contributed by atoms with E-state index in [-0.39, 0.29) is 12.5 Å². The molecule has 1 heterocycles. The zero-order valence-electron chi connectivity index (χ0n) is 17.4. The van der Waals surface area contributed by atoms with Crippen LogP contribution in [0.15, 0.2) is 66.9 Å². The molecule has 162 valence electrons. The molecule has 0 unspecified atom stereocenters. The molecular formula is C25H23N3O4. The van der Waals surface area contributed by atoms with Gasteiger partial charge in [0.15, 0.2) is 0 Å². The maximum absolute atomic E-state index is 12.3. The summed E-state index contributed by atoms with van der Waals surface area (Å²) in [6, 6.07) is 16.8. The first-order valence-electron chi connectivity index (χ1n) is 10.4. The van der Waals surface area contributed by atoms with Crippen LogP contribution < -0.4 is 15.4 Å². The predicted molar refractivity (Wildman–Crippen MR) is 122 cm³/mol. The molecule has 2 aromatic carbocycles. The number of nitrogens with zero attached hydrogens (tertiary/aromatic N) is 1. The number of aryl methyl sites for hydroxylation is 2. The first-order valence-corrected chi connectivity index (χ1v) is 10.4. The number of ether oxygens (including phenoxy) is 1. The van der Waals surface area contributed by atoms with Gasteiger partial charge in [0.1, 0.15) is 11.5 Å². The Kier molecular flexibility index (Phi) is 6.46. The number of aromatic nitrogens is 1. The van der Waals surface area contributed by atoms with Crippen molar-refractivity contribution in [3.05, 3.63) is 89.3 Å². The van der Waals surface area contributed by atoms with E-state index in [2.05, 4.69) is 27.8 Å². The minimum absolute atomic E-state index is 0.0919. The zero-order chi connectivity index (χ0) is 22.3. The van der Waals surface area contributed by atoms with Crippen LogP contribution in [0.1, 0.15) is 28.8 Å². The number of rotatable bonds is 7. The second-order valence-electron chi connectivity index (χ2n) is 7.48. The van der Waals surface area contributed by atoms with Crippen molar-refractivity contribution in [1.29, 1.82) is 0 Å². The van der Waals surface area contributed by atoms with Gasteiger partial charge in [-0.15, -0.1) is 0 Å². The number of pyridine rings is 1. The summed E-state index contributed by atoms with van der Waals surface area (Å²) < 4.78 is 5.86. The molecule has 2 amide bonds. The Morgan fingerprint density at radius 3 is 2.75 bits per heavy atom. The Bertz CT molecular complexity index is 1170. The quantitative estimate of drug-likeness (QED) is 0.469. The van der Waals surface area contributed by atoms with Gasteiger partial charge in [-0.1, -0.05) is 18.2 Å². The largest absolute Gasteiger partial charge is 0.465 e. The Labute approximate surface area is 185 Å². The van der Waals surface area contributed by atoms with Gasteiger partial charge in [0, 0.05) is 24.0 Å². The second kappa shape index (κ2) is 9.78. The summed E-state index contributed by atoms with van der Waals surface area (Å²) in [4.78, 5) is 27.1. The Hall–Kier alpha value is -4.13. The fourth-order valence-electron chi connectivity index (χ4n) is 3.61. The van der Waals surface area contributed by atoms with Gasteiger partial charge in [-0.05, 0) is 72.4 Å². The lowest BCUT2D eigenvalue weighted by atomic mass is 10.1. The number of carbonyl (C=O) groups is 2. The first kappa shape index (κ1) is 21.1. The molecule has 1 aromatic heterocycles. The molecule has 1 aliphatic carbocycles. The van der Waals surface area contributed by atoms with E-state index in [0.29, 0.717) is 17.2 Å². The van der Waals surface area contributed by atoms with Crippen molar-refractivity contribution in [2.45, 2.75) is 25.8 Å². The normalized spacial score (nSPS) is 12.4. The van der Waals surface area contributed by atoms with Crippen molar-refractivity contribution < 1.29 is 19.4 Å². The van der Waals surface area contributed by atoms with E-state index in [4.69, 9.17) is 9.84 Å². The van der Waals surface area contributed by atoms with Crippen LogP contribution >= 0.6 is 0 Å². The predicted octanol–water partition coefficient (Wildman–Crippen LogP) is 4.78. The molecule has 1 aliphatic rings. The number of amides is 2. The maximum atomic E-state index is 12.3. The molecule has 32 heavy (non-hydrogen) atoms. The molecule has 3 N–H and O–H groups in total. The standard InChI is InChI=1S/C25H23N3O4/c29-24(28-20-9-8-18-4-2-5-19(18)14-20)10-7-17-3-1-6-22(13-17)32-23-11-12-26-21(15-23)16-27-25(30)31/h1,3,6-15,27H,2,4-5,16H2,(H,28,29)(H,30,31). The summed E-state index contributed by atoms with van der Waals surface area (Å²) >= 11 is 0. The lowest BCUT2D eigenvalue weighted by Crippen LogP contribution is -2.20. The SMILES string of the molecule is O=C(O)NCc1cc(Oc2cccc(C=CC(=O)Nc3ccc4c(c3)CCC4)c2)ccn1. The molecule has 0 spiro atoms. The fourth-order valence-corrected chi connectivity index (χ4v) is 3.61. The summed E-state index contributed by atoms with van der Waals surface area (Å²) in [7, 11) is 0. The van der Waals surface area contributed by atoms with E-state index >= 15 is 0 Å². The van der Waals surface area contributed by atoms with Crippen LogP contribution in [-0.4, -0.2) is 22.1 Å². The van der Waals surface area contributed by atoms with Crippen molar-refractivity contribution in [2.75, 3.05) is 5.32 Å². The van der Waals surface area contributed by atoms with Crippen LogP contribution in [-0.2, 0) is 24.2 Å². The second-order valence-corrected chi connectivity index (χ2v) is 7.48. The molecule has 0 saturated heterocycles. The molecular weight excluding hydrogens is 406 g/mol. The van der Waals surface area contributed by atoms with Gasteiger partial charge >= 0.3 is 6.09 Å². The minimum Gasteiger partial charge on any atom is -0.465 e. The highest BCUT2D eigenvalue weighted by Gasteiger charge is 2.11. The van der Waals surface area contributed by atoms with E-state index in [1.165, 1.54) is 23.6 Å². The summed E-state index contributed by atoms with van der Waals surface area (Å²) in [5.41, 5.74) is 4.85. The Balaban J connectivity index is 1.37. The molecule has 0 radical (unpaired) electrons. The van der Waals surface area contributed by atoms with E-state index in [0.717, 1.165) is 24.1 Å². The van der Waals surface area contributed by atoms with Crippen LogP contribution in [0.2, 0.25) is 0 Å². The van der Waals surface area contributed by atoms with Crippen LogP contribution in [0.4, 0.5) is 10.5 Å². The Morgan fingerprint density at radius 1 is 1.03 bits per heavy atom. The number of hydrogen-bond acceptors (Lipinski definition) is 4. The van der Waals surface area contributed by atoms with Gasteiger partial charge in [-0.2, -0.15) is 0 Å². The van der Waals surface area contributed by atoms with Crippen molar-refractivity contribution >= 4 is 23.8 Å². The third kappa shape index (κ3) is 5.72. The summed E-state index contributed by atoms with van der Waals surface area (Å²) in [6.45, 7) is 0.0919. The number of fused-ring (bicyclic) bond motifs is 1. The molecule has 0 aliphatic heterocycles. The number of nitrogens with one attached hydrogen (secondary N) is 2. The monoisotopic (exact) mass is 429 g/mol. The minimum atomic E-state index is -1.11. The molecule has 7 nitrogen and oxygen atoms in total. The van der Waals surface area contributed by atoms with Gasteiger partial charge < -0.3 is 20.5 Å². The number of benzene rings is 2. The van der Waals surface area contributed by atoms with E-state index < -0.39 is 6.09 Å². The van der Waals surface area contributed by atoms with Gasteiger partial charge in [0.2, 0.25) is 5.91 Å². The average Bonchev–Trinajstić information content (AvgIpc) is 3.25. The van der Waals surface area contributed by atoms with Crippen molar-refractivity contribution in [1.82, 2.24) is 10.3 Å². The summed E-state index contributed by atoms with van der Waals surface area (Å²) in [6.07, 6.45) is 7.02. The summed E-state index contributed by atoms with van der Waals surface area (Å²) in [5, 5.41) is 13.9. The van der Waals surface area contributed by atoms with E-state index in [1.807, 2.05) is 24.3 Å². The third-order valence-electron chi connectivity index (χ3n) is 5.10. The average molecular weight is 429 g/mol. The molecule has 4 rings (SSSR count). The number of carboxylic acid groups (broad SMARTS) is 1. The topological polar surface area (TPSA) is 101 Å². The highest BCUT2D eigenvalue weighted by Crippen LogP contribution is 2.25. The summed E-state index contributed by atoms with van der Waals surface area (Å²) in [5.74, 6) is 0.936. The molecule has 0 bridgehead atoms. The molecule has 0 saturated carbocycles. The maximum Gasteiger partial charge on any atom is 0.404 e. The van der Waals surface area contributed by atoms with Gasteiger partial charge in [-0.3, -0.25) is 9.78 Å². The highest BCUT2D eigenvalue weighted by molar-refractivity contribution is 6.02. The van der Waals surface area contributed by atoms with Crippen molar-refractivity contribution in [2.24, 2.45) is 0 Å². The lowest BCUT2D eigenvalue weighted by Gasteiger charge is -2.08. The van der Waals surface area contributed by atoms with Gasteiger partial charge in [0.25, 0.3) is 0 Å². The smallest absolute Gasteiger partial charge is 0.404 e. The fraction of sp³-hybridized carbons (Fsp3) is 0.160. The van der Waals surface area contributed by atoms with Gasteiger partial charge in [0.05, 0.1) is 12.2 Å².